The number of piperidine rings is 1. The second-order valence-electron chi connectivity index (χ2n) is 8.48. The van der Waals surface area contributed by atoms with Crippen molar-refractivity contribution in [1.82, 2.24) is 19.5 Å². The molecule has 168 valence electrons. The molecule has 0 bridgehead atoms. The number of hydrogen-bond donors (Lipinski definition) is 1. The molecule has 0 saturated carbocycles. The minimum absolute atomic E-state index is 0.338. The molecule has 5 rings (SSSR count). The van der Waals surface area contributed by atoms with Crippen molar-refractivity contribution in [1.29, 1.82) is 0 Å². The van der Waals surface area contributed by atoms with Gasteiger partial charge in [-0.25, -0.2) is 4.98 Å². The molecule has 4 aromatic rings. The number of nitrogens with zero attached hydrogens (tertiary/aromatic N) is 4. The summed E-state index contributed by atoms with van der Waals surface area (Å²) in [7, 11) is 2.02. The van der Waals surface area contributed by atoms with Gasteiger partial charge in [-0.05, 0) is 36.0 Å². The van der Waals surface area contributed by atoms with Gasteiger partial charge in [-0.15, -0.1) is 0 Å². The number of rotatable bonds is 5. The molecule has 3 heterocycles. The SMILES string of the molecule is Bc1cnn2c(NC3CCN(Cc4cccc(Cl)c4Cl)CC3)cc(-c3ccccc3Cl)nc12. The maximum Gasteiger partial charge on any atom is 0.151 e. The maximum absolute atomic E-state index is 6.47. The Kier molecular flexibility index (Phi) is 6.52. The Bertz CT molecular complexity index is 1300. The third-order valence-electron chi connectivity index (χ3n) is 6.16. The fourth-order valence-corrected chi connectivity index (χ4v) is 4.95. The summed E-state index contributed by atoms with van der Waals surface area (Å²) in [5.41, 5.74) is 4.69. The fourth-order valence-electron chi connectivity index (χ4n) is 4.34. The standard InChI is InChI=1S/C24H23BCl3N5/c25-18-13-29-33-22(12-21(31-24(18)33)17-5-1-2-6-19(17)26)30-16-8-10-32(11-9-16)14-15-4-3-7-20(27)23(15)28/h1-7,12-13,16,30H,8-11,14,25H2. The van der Waals surface area contributed by atoms with Crippen LogP contribution in [-0.4, -0.2) is 46.5 Å². The highest BCUT2D eigenvalue weighted by molar-refractivity contribution is 6.42. The molecule has 1 fully saturated rings. The molecule has 1 aliphatic rings. The molecule has 1 saturated heterocycles. The van der Waals surface area contributed by atoms with E-state index in [1.54, 1.807) is 0 Å². The van der Waals surface area contributed by atoms with Gasteiger partial charge in [0.1, 0.15) is 13.7 Å². The van der Waals surface area contributed by atoms with Crippen LogP contribution in [-0.2, 0) is 6.54 Å². The zero-order chi connectivity index (χ0) is 22.9. The lowest BCUT2D eigenvalue weighted by Gasteiger charge is -2.33. The van der Waals surface area contributed by atoms with E-state index in [1.165, 1.54) is 0 Å². The van der Waals surface area contributed by atoms with Gasteiger partial charge in [0.15, 0.2) is 5.65 Å². The number of anilines is 1. The fraction of sp³-hybridized carbons (Fsp3) is 0.250. The van der Waals surface area contributed by atoms with Crippen LogP contribution in [0.15, 0.2) is 54.7 Å². The lowest BCUT2D eigenvalue weighted by atomic mass is 10.0. The Morgan fingerprint density at radius 1 is 1.00 bits per heavy atom. The van der Waals surface area contributed by atoms with Crippen LogP contribution in [0.3, 0.4) is 0 Å². The van der Waals surface area contributed by atoms with Gasteiger partial charge in [-0.2, -0.15) is 9.61 Å². The lowest BCUT2D eigenvalue weighted by molar-refractivity contribution is 0.211. The quantitative estimate of drug-likeness (QED) is 0.406. The van der Waals surface area contributed by atoms with E-state index in [9.17, 15) is 0 Å². The topological polar surface area (TPSA) is 45.5 Å². The first-order chi connectivity index (χ1) is 16.0. The summed E-state index contributed by atoms with van der Waals surface area (Å²) in [4.78, 5) is 7.26. The van der Waals surface area contributed by atoms with Crippen molar-refractivity contribution in [3.8, 4) is 11.3 Å². The predicted molar refractivity (Wildman–Crippen MR) is 140 cm³/mol. The molecule has 2 aromatic carbocycles. The number of halogens is 3. The van der Waals surface area contributed by atoms with Gasteiger partial charge in [0.25, 0.3) is 0 Å². The molecule has 0 unspecified atom stereocenters. The number of aromatic nitrogens is 3. The van der Waals surface area contributed by atoms with Crippen molar-refractivity contribution in [3.63, 3.8) is 0 Å². The van der Waals surface area contributed by atoms with E-state index in [0.717, 1.165) is 66.2 Å². The van der Waals surface area contributed by atoms with Gasteiger partial charge in [0.05, 0.1) is 15.7 Å². The van der Waals surface area contributed by atoms with Gasteiger partial charge in [-0.1, -0.05) is 65.1 Å². The average Bonchev–Trinajstić information content (AvgIpc) is 3.19. The Morgan fingerprint density at radius 3 is 2.55 bits per heavy atom. The van der Waals surface area contributed by atoms with Crippen LogP contribution in [0.25, 0.3) is 16.9 Å². The van der Waals surface area contributed by atoms with Crippen LogP contribution in [0.2, 0.25) is 15.1 Å². The zero-order valence-electron chi connectivity index (χ0n) is 18.2. The molecular weight excluding hydrogens is 475 g/mol. The first-order valence-corrected chi connectivity index (χ1v) is 12.1. The number of fused-ring (bicyclic) bond motifs is 1. The van der Waals surface area contributed by atoms with E-state index < -0.39 is 0 Å². The van der Waals surface area contributed by atoms with Crippen molar-refractivity contribution >= 4 is 59.6 Å². The van der Waals surface area contributed by atoms with Gasteiger partial charge in [-0.3, -0.25) is 4.90 Å². The first kappa shape index (κ1) is 22.5. The van der Waals surface area contributed by atoms with Crippen molar-refractivity contribution in [2.45, 2.75) is 25.4 Å². The maximum atomic E-state index is 6.47. The molecule has 1 aliphatic heterocycles. The Hall–Kier alpha value is -2.25. The average molecular weight is 499 g/mol. The van der Waals surface area contributed by atoms with Gasteiger partial charge < -0.3 is 5.32 Å². The van der Waals surface area contributed by atoms with E-state index in [4.69, 9.17) is 39.8 Å². The third-order valence-corrected chi connectivity index (χ3v) is 7.35. The summed E-state index contributed by atoms with van der Waals surface area (Å²) in [6, 6.07) is 16.0. The molecule has 0 atom stereocenters. The molecule has 0 spiro atoms. The van der Waals surface area contributed by atoms with Crippen molar-refractivity contribution in [3.05, 3.63) is 75.4 Å². The molecular formula is C24H23BCl3N5. The van der Waals surface area contributed by atoms with E-state index in [2.05, 4.69) is 15.3 Å². The van der Waals surface area contributed by atoms with Gasteiger partial charge in [0, 0.05) is 48.5 Å². The number of likely N-dealkylation sites (tertiary alicyclic amines) is 1. The smallest absolute Gasteiger partial charge is 0.151 e. The van der Waals surface area contributed by atoms with E-state index >= 15 is 0 Å². The molecule has 1 N–H and O–H groups in total. The summed E-state index contributed by atoms with van der Waals surface area (Å²) in [6.07, 6.45) is 3.88. The first-order valence-electron chi connectivity index (χ1n) is 11.0. The monoisotopic (exact) mass is 497 g/mol. The summed E-state index contributed by atoms with van der Waals surface area (Å²) in [5.74, 6) is 0.930. The van der Waals surface area contributed by atoms with Crippen LogP contribution in [0.1, 0.15) is 18.4 Å². The van der Waals surface area contributed by atoms with E-state index in [1.807, 2.05) is 67.1 Å². The molecule has 2 aromatic heterocycles. The molecule has 0 radical (unpaired) electrons. The minimum atomic E-state index is 0.338. The highest BCUT2D eigenvalue weighted by atomic mass is 35.5. The Labute approximate surface area is 209 Å². The highest BCUT2D eigenvalue weighted by Crippen LogP contribution is 2.30. The second kappa shape index (κ2) is 9.55. The Balaban J connectivity index is 1.34. The van der Waals surface area contributed by atoms with Crippen LogP contribution >= 0.6 is 34.8 Å². The third kappa shape index (κ3) is 4.71. The van der Waals surface area contributed by atoms with Gasteiger partial charge in [0.2, 0.25) is 0 Å². The molecule has 9 heteroatoms. The molecule has 0 amide bonds. The Morgan fingerprint density at radius 2 is 1.76 bits per heavy atom. The summed E-state index contributed by atoms with van der Waals surface area (Å²) >= 11 is 19.0. The number of nitrogens with one attached hydrogen (secondary N) is 1. The summed E-state index contributed by atoms with van der Waals surface area (Å²) in [5, 5.41) is 10.2. The lowest BCUT2D eigenvalue weighted by Crippen LogP contribution is -2.39. The van der Waals surface area contributed by atoms with E-state index in [-0.39, 0.29) is 0 Å². The number of benzene rings is 2. The minimum Gasteiger partial charge on any atom is -0.367 e. The van der Waals surface area contributed by atoms with Crippen molar-refractivity contribution < 1.29 is 0 Å². The zero-order valence-corrected chi connectivity index (χ0v) is 20.5. The van der Waals surface area contributed by atoms with Crippen LogP contribution in [0, 0.1) is 0 Å². The van der Waals surface area contributed by atoms with E-state index in [0.29, 0.717) is 21.1 Å². The largest absolute Gasteiger partial charge is 0.367 e. The predicted octanol–water partition coefficient (Wildman–Crippen LogP) is 4.69. The van der Waals surface area contributed by atoms with Crippen LogP contribution in [0.5, 0.6) is 0 Å². The second-order valence-corrected chi connectivity index (χ2v) is 9.67. The highest BCUT2D eigenvalue weighted by Gasteiger charge is 2.22. The molecule has 33 heavy (non-hydrogen) atoms. The number of hydrogen-bond acceptors (Lipinski definition) is 4. The van der Waals surface area contributed by atoms with Gasteiger partial charge >= 0.3 is 0 Å². The molecule has 0 aliphatic carbocycles. The molecule has 5 nitrogen and oxygen atoms in total. The summed E-state index contributed by atoms with van der Waals surface area (Å²) < 4.78 is 1.88. The van der Waals surface area contributed by atoms with Crippen LogP contribution in [0.4, 0.5) is 5.82 Å². The summed E-state index contributed by atoms with van der Waals surface area (Å²) in [6.45, 7) is 2.76. The normalized spacial score (nSPS) is 15.2. The van der Waals surface area contributed by atoms with Crippen molar-refractivity contribution in [2.75, 3.05) is 18.4 Å². The van der Waals surface area contributed by atoms with Crippen molar-refractivity contribution in [2.24, 2.45) is 0 Å². The van der Waals surface area contributed by atoms with Crippen LogP contribution < -0.4 is 10.8 Å².